The molecule has 0 saturated carbocycles. The van der Waals surface area contributed by atoms with Crippen LogP contribution in [0.3, 0.4) is 0 Å². The van der Waals surface area contributed by atoms with E-state index in [9.17, 15) is 4.79 Å². The van der Waals surface area contributed by atoms with Crippen LogP contribution in [0, 0.1) is 0 Å². The van der Waals surface area contributed by atoms with Crippen molar-refractivity contribution in [3.63, 3.8) is 0 Å². The number of hydrogen-bond donors (Lipinski definition) is 0. The second kappa shape index (κ2) is 8.54. The quantitative estimate of drug-likeness (QED) is 0.588. The second-order valence-corrected chi connectivity index (χ2v) is 5.93. The van der Waals surface area contributed by atoms with Crippen molar-refractivity contribution < 1.29 is 19.0 Å². The highest BCUT2D eigenvalue weighted by Crippen LogP contribution is 2.31. The van der Waals surface area contributed by atoms with Crippen molar-refractivity contribution in [1.29, 1.82) is 0 Å². The lowest BCUT2D eigenvalue weighted by Gasteiger charge is -2.28. The number of carbonyl (C=O) groups excluding carboxylic acids is 1. The number of morpholine rings is 1. The minimum atomic E-state index is -0.0524. The highest BCUT2D eigenvalue weighted by molar-refractivity contribution is 6.07. The number of methoxy groups -OCH3 is 2. The molecule has 0 aromatic heterocycles. The Labute approximate surface area is 153 Å². The Morgan fingerprint density at radius 1 is 1.04 bits per heavy atom. The molecule has 5 heteroatoms. The molecule has 0 radical (unpaired) electrons. The van der Waals surface area contributed by atoms with Crippen molar-refractivity contribution in [2.24, 2.45) is 0 Å². The van der Waals surface area contributed by atoms with E-state index in [0.29, 0.717) is 17.1 Å². The summed E-state index contributed by atoms with van der Waals surface area (Å²) in [7, 11) is 3.17. The molecule has 0 spiro atoms. The Kier molecular flexibility index (Phi) is 5.92. The maximum Gasteiger partial charge on any atom is 0.185 e. The van der Waals surface area contributed by atoms with Gasteiger partial charge in [0.05, 0.1) is 27.4 Å². The van der Waals surface area contributed by atoms with Gasteiger partial charge in [0.25, 0.3) is 0 Å². The molecule has 0 unspecified atom stereocenters. The zero-order valence-corrected chi connectivity index (χ0v) is 15.1. The Bertz CT molecular complexity index is 777. The first-order valence-corrected chi connectivity index (χ1v) is 8.59. The zero-order chi connectivity index (χ0) is 18.4. The number of carbonyl (C=O) groups is 1. The Morgan fingerprint density at radius 2 is 1.77 bits per heavy atom. The first kappa shape index (κ1) is 18.0. The van der Waals surface area contributed by atoms with Crippen molar-refractivity contribution in [1.82, 2.24) is 0 Å². The van der Waals surface area contributed by atoms with E-state index >= 15 is 0 Å². The average molecular weight is 353 g/mol. The number of ether oxygens (including phenoxy) is 3. The maximum atomic E-state index is 12.5. The van der Waals surface area contributed by atoms with Crippen LogP contribution >= 0.6 is 0 Å². The van der Waals surface area contributed by atoms with Crippen LogP contribution in [0.15, 0.2) is 48.5 Å². The van der Waals surface area contributed by atoms with E-state index in [1.807, 2.05) is 42.5 Å². The van der Waals surface area contributed by atoms with Gasteiger partial charge in [0.15, 0.2) is 17.3 Å². The van der Waals surface area contributed by atoms with E-state index in [0.717, 1.165) is 37.6 Å². The van der Waals surface area contributed by atoms with E-state index in [1.165, 1.54) is 0 Å². The number of allylic oxidation sites excluding steroid dienone is 1. The lowest BCUT2D eigenvalue weighted by molar-refractivity contribution is 0.104. The van der Waals surface area contributed by atoms with Crippen LogP contribution in [0.1, 0.15) is 15.9 Å². The van der Waals surface area contributed by atoms with Crippen LogP contribution < -0.4 is 14.4 Å². The summed E-state index contributed by atoms with van der Waals surface area (Å²) in [6.07, 6.45) is 3.31. The molecule has 5 nitrogen and oxygen atoms in total. The number of nitrogens with zero attached hydrogens (tertiary/aromatic N) is 1. The van der Waals surface area contributed by atoms with Gasteiger partial charge in [-0.3, -0.25) is 4.79 Å². The maximum absolute atomic E-state index is 12.5. The number of para-hydroxylation sites is 1. The minimum Gasteiger partial charge on any atom is -0.493 e. The van der Waals surface area contributed by atoms with Gasteiger partial charge in [-0.25, -0.2) is 0 Å². The van der Waals surface area contributed by atoms with Crippen LogP contribution in [0.5, 0.6) is 11.5 Å². The average Bonchev–Trinajstić information content (AvgIpc) is 2.72. The molecule has 26 heavy (non-hydrogen) atoms. The van der Waals surface area contributed by atoms with Gasteiger partial charge in [-0.15, -0.1) is 0 Å². The summed E-state index contributed by atoms with van der Waals surface area (Å²) < 4.78 is 16.0. The van der Waals surface area contributed by atoms with Crippen molar-refractivity contribution in [3.8, 4) is 11.5 Å². The van der Waals surface area contributed by atoms with E-state index in [4.69, 9.17) is 14.2 Å². The van der Waals surface area contributed by atoms with E-state index in [-0.39, 0.29) is 5.78 Å². The third-order valence-corrected chi connectivity index (χ3v) is 4.38. The van der Waals surface area contributed by atoms with Crippen molar-refractivity contribution in [2.45, 2.75) is 0 Å². The molecule has 1 heterocycles. The number of rotatable bonds is 6. The van der Waals surface area contributed by atoms with Gasteiger partial charge in [-0.05, 0) is 42.5 Å². The molecular weight excluding hydrogens is 330 g/mol. The molecule has 1 fully saturated rings. The second-order valence-electron chi connectivity index (χ2n) is 5.93. The molecule has 3 rings (SSSR count). The molecule has 0 atom stereocenters. The lowest BCUT2D eigenvalue weighted by Crippen LogP contribution is -2.36. The molecule has 0 amide bonds. The van der Waals surface area contributed by atoms with Crippen LogP contribution in [-0.4, -0.2) is 46.3 Å². The predicted octanol–water partition coefficient (Wildman–Crippen LogP) is 3.44. The van der Waals surface area contributed by atoms with Gasteiger partial charge < -0.3 is 19.1 Å². The van der Waals surface area contributed by atoms with Crippen LogP contribution in [0.2, 0.25) is 0 Å². The first-order chi connectivity index (χ1) is 12.7. The number of anilines is 1. The fraction of sp³-hybridized carbons (Fsp3) is 0.286. The number of hydrogen-bond acceptors (Lipinski definition) is 5. The van der Waals surface area contributed by atoms with E-state index in [2.05, 4.69) is 4.90 Å². The van der Waals surface area contributed by atoms with Gasteiger partial charge in [-0.1, -0.05) is 12.1 Å². The standard InChI is InChI=1S/C21H23NO4/c1-24-20-5-3-4-17(21(20)25-2)8-11-19(23)16-6-9-18(10-7-16)22-12-14-26-15-13-22/h3-11H,12-15H2,1-2H3. The highest BCUT2D eigenvalue weighted by atomic mass is 16.5. The first-order valence-electron chi connectivity index (χ1n) is 8.59. The van der Waals surface area contributed by atoms with Gasteiger partial charge in [-0.2, -0.15) is 0 Å². The lowest BCUT2D eigenvalue weighted by atomic mass is 10.1. The van der Waals surface area contributed by atoms with Crippen LogP contribution in [0.25, 0.3) is 6.08 Å². The highest BCUT2D eigenvalue weighted by Gasteiger charge is 2.12. The monoisotopic (exact) mass is 353 g/mol. The summed E-state index contributed by atoms with van der Waals surface area (Å²) >= 11 is 0. The summed E-state index contributed by atoms with van der Waals surface area (Å²) in [5, 5.41) is 0. The molecule has 2 aromatic rings. The van der Waals surface area contributed by atoms with Crippen LogP contribution in [-0.2, 0) is 4.74 Å². The van der Waals surface area contributed by atoms with Gasteiger partial charge in [0, 0.05) is 29.9 Å². The zero-order valence-electron chi connectivity index (χ0n) is 15.1. The Hall–Kier alpha value is -2.79. The molecular formula is C21H23NO4. The van der Waals surface area contributed by atoms with Crippen LogP contribution in [0.4, 0.5) is 5.69 Å². The molecule has 1 aliphatic rings. The summed E-state index contributed by atoms with van der Waals surface area (Å²) in [4.78, 5) is 14.7. The normalized spacial score (nSPS) is 14.5. The SMILES string of the molecule is COc1cccc(C=CC(=O)c2ccc(N3CCOCC3)cc2)c1OC. The molecule has 0 aliphatic carbocycles. The Balaban J connectivity index is 1.73. The van der Waals surface area contributed by atoms with Gasteiger partial charge in [0.2, 0.25) is 0 Å². The van der Waals surface area contributed by atoms with Gasteiger partial charge in [0.1, 0.15) is 0 Å². The molecule has 1 aliphatic heterocycles. The summed E-state index contributed by atoms with van der Waals surface area (Å²) in [6.45, 7) is 3.24. The third kappa shape index (κ3) is 4.06. The minimum absolute atomic E-state index is 0.0524. The van der Waals surface area contributed by atoms with E-state index in [1.54, 1.807) is 26.4 Å². The van der Waals surface area contributed by atoms with Crippen molar-refractivity contribution in [3.05, 3.63) is 59.7 Å². The number of ketones is 1. The summed E-state index contributed by atoms with van der Waals surface area (Å²) in [5.74, 6) is 1.20. The fourth-order valence-electron chi connectivity index (χ4n) is 2.96. The molecule has 0 bridgehead atoms. The summed E-state index contributed by atoms with van der Waals surface area (Å²) in [6, 6.07) is 13.3. The fourth-order valence-corrected chi connectivity index (χ4v) is 2.96. The molecule has 1 saturated heterocycles. The summed E-state index contributed by atoms with van der Waals surface area (Å²) in [5.41, 5.74) is 2.56. The molecule has 136 valence electrons. The topological polar surface area (TPSA) is 48.0 Å². The predicted molar refractivity (Wildman–Crippen MR) is 102 cm³/mol. The van der Waals surface area contributed by atoms with Gasteiger partial charge >= 0.3 is 0 Å². The number of benzene rings is 2. The van der Waals surface area contributed by atoms with Crippen molar-refractivity contribution >= 4 is 17.5 Å². The largest absolute Gasteiger partial charge is 0.493 e. The Morgan fingerprint density at radius 3 is 2.42 bits per heavy atom. The molecule has 2 aromatic carbocycles. The van der Waals surface area contributed by atoms with E-state index < -0.39 is 0 Å². The van der Waals surface area contributed by atoms with Crippen molar-refractivity contribution in [2.75, 3.05) is 45.4 Å². The molecule has 0 N–H and O–H groups in total. The third-order valence-electron chi connectivity index (χ3n) is 4.38. The smallest absolute Gasteiger partial charge is 0.185 e.